The quantitative estimate of drug-likeness (QED) is 0.469. The molecule has 1 amide bonds. The minimum absolute atomic E-state index is 0.0946. The average Bonchev–Trinajstić information content (AvgIpc) is 3.07. The summed E-state index contributed by atoms with van der Waals surface area (Å²) >= 11 is 0. The van der Waals surface area contributed by atoms with Crippen molar-refractivity contribution in [2.45, 2.75) is 13.1 Å². The van der Waals surface area contributed by atoms with Crippen LogP contribution in [-0.2, 0) is 11.0 Å². The second-order valence-electron chi connectivity index (χ2n) is 6.49. The molecule has 0 unspecified atom stereocenters. The van der Waals surface area contributed by atoms with E-state index in [4.69, 9.17) is 4.74 Å². The van der Waals surface area contributed by atoms with E-state index in [1.54, 1.807) is 18.2 Å². The Kier molecular flexibility index (Phi) is 3.02. The number of aryl methyl sites for hydroxylation is 1. The number of para-hydroxylation sites is 1. The summed E-state index contributed by atoms with van der Waals surface area (Å²) < 4.78 is 46.7. The minimum atomic E-state index is -4.56. The van der Waals surface area contributed by atoms with Gasteiger partial charge >= 0.3 is 6.18 Å². The van der Waals surface area contributed by atoms with Crippen molar-refractivity contribution < 1.29 is 22.7 Å². The molecule has 5 nitrogen and oxygen atoms in total. The zero-order valence-electron chi connectivity index (χ0n) is 14.0. The van der Waals surface area contributed by atoms with E-state index < -0.39 is 11.9 Å². The number of fused-ring (bicyclic) bond motifs is 8. The van der Waals surface area contributed by atoms with Gasteiger partial charge in [0.1, 0.15) is 5.75 Å². The fourth-order valence-corrected chi connectivity index (χ4v) is 3.66. The molecule has 2 aromatic carbocycles. The van der Waals surface area contributed by atoms with Crippen LogP contribution in [-0.4, -0.2) is 22.1 Å². The molecule has 27 heavy (non-hydrogen) atoms. The van der Waals surface area contributed by atoms with Gasteiger partial charge in [0.2, 0.25) is 0 Å². The predicted octanol–water partition coefficient (Wildman–Crippen LogP) is 4.30. The minimum Gasteiger partial charge on any atom is -0.482 e. The van der Waals surface area contributed by atoms with Gasteiger partial charge in [-0.3, -0.25) is 4.79 Å². The molecule has 0 saturated heterocycles. The number of carbonyl (C=O) groups excluding carboxylic acids is 1. The molecule has 8 heteroatoms. The summed E-state index contributed by atoms with van der Waals surface area (Å²) in [5.74, 6) is 0.185. The molecule has 0 fully saturated rings. The molecule has 136 valence electrons. The molecule has 4 aromatic rings. The maximum Gasteiger partial charge on any atom is 0.435 e. The fraction of sp³-hybridized carbons (Fsp3) is 0.158. The molecule has 2 aromatic heterocycles. The Morgan fingerprint density at radius 1 is 1.19 bits per heavy atom. The van der Waals surface area contributed by atoms with Crippen LogP contribution in [0.15, 0.2) is 36.4 Å². The first kappa shape index (κ1) is 15.9. The Balaban J connectivity index is 2.05. The lowest BCUT2D eigenvalue weighted by Crippen LogP contribution is -2.25. The van der Waals surface area contributed by atoms with Gasteiger partial charge in [-0.05, 0) is 30.7 Å². The fourth-order valence-electron chi connectivity index (χ4n) is 3.66. The van der Waals surface area contributed by atoms with Gasteiger partial charge in [0.05, 0.1) is 16.7 Å². The molecule has 0 spiro atoms. The molecule has 1 aliphatic rings. The van der Waals surface area contributed by atoms with Crippen LogP contribution in [0.1, 0.15) is 11.3 Å². The molecular weight excluding hydrogens is 359 g/mol. The number of rotatable bonds is 0. The molecule has 5 rings (SSSR count). The number of hydrogen-bond acceptors (Lipinski definition) is 3. The van der Waals surface area contributed by atoms with Gasteiger partial charge in [-0.25, -0.2) is 4.52 Å². The van der Waals surface area contributed by atoms with Crippen LogP contribution in [0.2, 0.25) is 0 Å². The number of alkyl halides is 3. The Hall–Kier alpha value is -3.29. The van der Waals surface area contributed by atoms with E-state index in [0.29, 0.717) is 38.6 Å². The first-order valence-electron chi connectivity index (χ1n) is 8.22. The van der Waals surface area contributed by atoms with Crippen molar-refractivity contribution in [3.8, 4) is 5.75 Å². The van der Waals surface area contributed by atoms with E-state index in [1.165, 1.54) is 4.52 Å². The molecule has 0 bridgehead atoms. The van der Waals surface area contributed by atoms with E-state index in [9.17, 15) is 18.0 Å². The maximum absolute atomic E-state index is 13.3. The molecular formula is C19H12F3N3O2. The van der Waals surface area contributed by atoms with Crippen molar-refractivity contribution in [1.29, 1.82) is 0 Å². The largest absolute Gasteiger partial charge is 0.482 e. The van der Waals surface area contributed by atoms with Crippen LogP contribution >= 0.6 is 0 Å². The number of anilines is 1. The second kappa shape index (κ2) is 5.12. The second-order valence-corrected chi connectivity index (χ2v) is 6.49. The lowest BCUT2D eigenvalue weighted by molar-refractivity contribution is -0.141. The number of benzene rings is 2. The Bertz CT molecular complexity index is 1270. The molecule has 0 saturated carbocycles. The predicted molar refractivity (Wildman–Crippen MR) is 94.1 cm³/mol. The average molecular weight is 371 g/mol. The molecule has 0 atom stereocenters. The number of aromatic nitrogens is 2. The number of carbonyl (C=O) groups is 1. The molecule has 0 aliphatic carbocycles. The first-order valence-corrected chi connectivity index (χ1v) is 8.22. The standard InChI is InChI=1S/C19H12F3N3O2/c1-9-3-2-4-11-16-10(5-6-13-17(16)23-15(26)8-27-13)12-7-14(19(20,21)22)24-25(12)18(9)11/h2-7H,8H2,1H3,(H,23,26). The van der Waals surface area contributed by atoms with Crippen molar-refractivity contribution in [1.82, 2.24) is 9.61 Å². The summed E-state index contributed by atoms with van der Waals surface area (Å²) in [6, 6.07) is 9.82. The van der Waals surface area contributed by atoms with Gasteiger partial charge in [-0.15, -0.1) is 0 Å². The first-order chi connectivity index (χ1) is 12.8. The summed E-state index contributed by atoms with van der Waals surface area (Å²) in [7, 11) is 0. The van der Waals surface area contributed by atoms with Gasteiger partial charge < -0.3 is 10.1 Å². The summed E-state index contributed by atoms with van der Waals surface area (Å²) in [5.41, 5.74) is 1.16. The van der Waals surface area contributed by atoms with Crippen molar-refractivity contribution >= 4 is 38.8 Å². The normalized spacial score (nSPS) is 14.4. The van der Waals surface area contributed by atoms with E-state index in [2.05, 4.69) is 10.4 Å². The highest BCUT2D eigenvalue weighted by atomic mass is 19.4. The number of ether oxygens (including phenoxy) is 1. The third-order valence-electron chi connectivity index (χ3n) is 4.78. The summed E-state index contributed by atoms with van der Waals surface area (Å²) in [5, 5.41) is 8.51. The lowest BCUT2D eigenvalue weighted by atomic mass is 10.00. The third kappa shape index (κ3) is 2.19. The van der Waals surface area contributed by atoms with Gasteiger partial charge in [0, 0.05) is 16.2 Å². The van der Waals surface area contributed by atoms with E-state index >= 15 is 0 Å². The van der Waals surface area contributed by atoms with Crippen LogP contribution in [0.3, 0.4) is 0 Å². The van der Waals surface area contributed by atoms with Crippen molar-refractivity contribution in [3.63, 3.8) is 0 Å². The van der Waals surface area contributed by atoms with Crippen molar-refractivity contribution in [2.75, 3.05) is 11.9 Å². The third-order valence-corrected chi connectivity index (χ3v) is 4.78. The van der Waals surface area contributed by atoms with E-state index in [1.807, 2.05) is 19.1 Å². The molecule has 1 N–H and O–H groups in total. The van der Waals surface area contributed by atoms with Crippen LogP contribution in [0, 0.1) is 6.92 Å². The Morgan fingerprint density at radius 3 is 2.78 bits per heavy atom. The number of nitrogens with zero attached hydrogens (tertiary/aromatic N) is 2. The highest BCUT2D eigenvalue weighted by molar-refractivity contribution is 6.21. The van der Waals surface area contributed by atoms with E-state index in [0.717, 1.165) is 11.6 Å². The smallest absolute Gasteiger partial charge is 0.435 e. The van der Waals surface area contributed by atoms with E-state index in [-0.39, 0.29) is 12.5 Å². The maximum atomic E-state index is 13.3. The van der Waals surface area contributed by atoms with Gasteiger partial charge in [-0.2, -0.15) is 18.3 Å². The van der Waals surface area contributed by atoms with Crippen LogP contribution in [0.5, 0.6) is 5.75 Å². The zero-order valence-corrected chi connectivity index (χ0v) is 14.0. The molecule has 1 aliphatic heterocycles. The molecule has 0 radical (unpaired) electrons. The number of hydrogen-bond donors (Lipinski definition) is 1. The number of pyridine rings is 1. The highest BCUT2D eigenvalue weighted by Gasteiger charge is 2.35. The van der Waals surface area contributed by atoms with Crippen LogP contribution < -0.4 is 10.1 Å². The lowest BCUT2D eigenvalue weighted by Gasteiger charge is -2.21. The van der Waals surface area contributed by atoms with Crippen molar-refractivity contribution in [3.05, 3.63) is 47.7 Å². The summed E-state index contributed by atoms with van der Waals surface area (Å²) in [6.07, 6.45) is -4.56. The summed E-state index contributed by atoms with van der Waals surface area (Å²) in [4.78, 5) is 11.9. The summed E-state index contributed by atoms with van der Waals surface area (Å²) in [6.45, 7) is 1.72. The monoisotopic (exact) mass is 371 g/mol. The highest BCUT2D eigenvalue weighted by Crippen LogP contribution is 2.42. The number of halogens is 3. The SMILES string of the molecule is Cc1cccc2c3c4c(ccc3c3cc(C(F)(F)F)nn3c12)OCC(=O)N4. The number of amides is 1. The van der Waals surface area contributed by atoms with Crippen molar-refractivity contribution in [2.24, 2.45) is 0 Å². The van der Waals surface area contributed by atoms with Crippen LogP contribution in [0.4, 0.5) is 18.9 Å². The van der Waals surface area contributed by atoms with Crippen LogP contribution in [0.25, 0.3) is 27.2 Å². The Labute approximate surface area is 150 Å². The van der Waals surface area contributed by atoms with Gasteiger partial charge in [0.25, 0.3) is 5.91 Å². The van der Waals surface area contributed by atoms with Gasteiger partial charge in [-0.1, -0.05) is 18.2 Å². The topological polar surface area (TPSA) is 55.6 Å². The van der Waals surface area contributed by atoms with Gasteiger partial charge in [0.15, 0.2) is 12.3 Å². The number of nitrogens with one attached hydrogen (secondary N) is 1. The Morgan fingerprint density at radius 2 is 2.00 bits per heavy atom. The molecule has 3 heterocycles. The zero-order chi connectivity index (χ0) is 18.9.